The minimum absolute atomic E-state index is 0.0757. The summed E-state index contributed by atoms with van der Waals surface area (Å²) in [6.07, 6.45) is 5.43. The van der Waals surface area contributed by atoms with Gasteiger partial charge in [0.05, 0.1) is 0 Å². The zero-order valence-corrected chi connectivity index (χ0v) is 10.5. The Morgan fingerprint density at radius 1 is 1.39 bits per heavy atom. The van der Waals surface area contributed by atoms with Crippen molar-refractivity contribution in [3.05, 3.63) is 59.0 Å². The third kappa shape index (κ3) is 1.84. The highest BCUT2D eigenvalue weighted by Gasteiger charge is 2.09. The van der Waals surface area contributed by atoms with Crippen LogP contribution in [0.5, 0.6) is 5.75 Å². The molecule has 1 heterocycles. The van der Waals surface area contributed by atoms with E-state index in [1.54, 1.807) is 36.0 Å². The Hall–Kier alpha value is -2.29. The summed E-state index contributed by atoms with van der Waals surface area (Å²) in [7, 11) is 1.72. The third-order valence-corrected chi connectivity index (χ3v) is 3.01. The first kappa shape index (κ1) is 12.2. The highest BCUT2D eigenvalue weighted by molar-refractivity contribution is 5.95. The van der Waals surface area contributed by atoms with Crippen LogP contribution in [-0.4, -0.2) is 9.67 Å². The molecule has 2 rings (SSSR count). The molecule has 1 aromatic carbocycles. The average Bonchev–Trinajstić information content (AvgIpc) is 2.36. The molecule has 0 aliphatic heterocycles. The number of rotatable bonds is 2. The summed E-state index contributed by atoms with van der Waals surface area (Å²) in [5, 5.41) is 10.9. The van der Waals surface area contributed by atoms with Gasteiger partial charge in [0, 0.05) is 29.6 Å². The maximum Gasteiger partial charge on any atom is 0.258 e. The molecule has 3 nitrogen and oxygen atoms in total. The van der Waals surface area contributed by atoms with Crippen LogP contribution in [0.25, 0.3) is 16.3 Å². The summed E-state index contributed by atoms with van der Waals surface area (Å²) in [6, 6.07) is 4.78. The van der Waals surface area contributed by atoms with Crippen LogP contribution in [0, 0.1) is 0 Å². The average molecular weight is 241 g/mol. The largest absolute Gasteiger partial charge is 0.508 e. The first-order chi connectivity index (χ1) is 8.58. The Morgan fingerprint density at radius 3 is 2.72 bits per heavy atom. The zero-order chi connectivity index (χ0) is 13.3. The molecule has 0 saturated carbocycles. The summed E-state index contributed by atoms with van der Waals surface area (Å²) in [6.45, 7) is 5.68. The minimum Gasteiger partial charge on any atom is -0.508 e. The molecule has 3 heteroatoms. The van der Waals surface area contributed by atoms with Crippen LogP contribution >= 0.6 is 0 Å². The Balaban J connectivity index is 2.97. The summed E-state index contributed by atoms with van der Waals surface area (Å²) in [5.41, 5.74) is 1.75. The van der Waals surface area contributed by atoms with Gasteiger partial charge in [-0.05, 0) is 30.7 Å². The molecule has 18 heavy (non-hydrogen) atoms. The monoisotopic (exact) mass is 241 g/mol. The number of hydrogen-bond acceptors (Lipinski definition) is 2. The number of phenols is 1. The first-order valence-corrected chi connectivity index (χ1v) is 5.70. The molecule has 2 aromatic rings. The molecule has 0 spiro atoms. The van der Waals surface area contributed by atoms with Gasteiger partial charge in [-0.3, -0.25) is 4.79 Å². The van der Waals surface area contributed by atoms with Crippen molar-refractivity contribution in [2.24, 2.45) is 7.05 Å². The van der Waals surface area contributed by atoms with Crippen molar-refractivity contribution >= 4 is 16.3 Å². The van der Waals surface area contributed by atoms with E-state index in [-0.39, 0.29) is 11.3 Å². The van der Waals surface area contributed by atoms with E-state index < -0.39 is 0 Å². The zero-order valence-electron chi connectivity index (χ0n) is 10.5. The number of nitrogens with zero attached hydrogens (tertiary/aromatic N) is 1. The lowest BCUT2D eigenvalue weighted by molar-refractivity contribution is 0.476. The van der Waals surface area contributed by atoms with E-state index >= 15 is 0 Å². The standard InChI is InChI=1S/C15H15NO2/c1-4-10(5-2)14-9-16(3)15(18)12-7-6-11(17)8-13(12)14/h4-9,17H,1H2,2-3H3/b10-5+. The number of hydrogen-bond donors (Lipinski definition) is 1. The first-order valence-electron chi connectivity index (χ1n) is 5.70. The lowest BCUT2D eigenvalue weighted by Crippen LogP contribution is -2.17. The second kappa shape index (κ2) is 4.53. The van der Waals surface area contributed by atoms with Crippen LogP contribution in [0.3, 0.4) is 0 Å². The van der Waals surface area contributed by atoms with E-state index in [1.165, 1.54) is 6.07 Å². The molecule has 0 aliphatic rings. The van der Waals surface area contributed by atoms with Gasteiger partial charge in [-0.1, -0.05) is 18.7 Å². The topological polar surface area (TPSA) is 42.2 Å². The molecule has 0 radical (unpaired) electrons. The van der Waals surface area contributed by atoms with Crippen LogP contribution in [0.4, 0.5) is 0 Å². The number of benzene rings is 1. The Morgan fingerprint density at radius 2 is 2.11 bits per heavy atom. The van der Waals surface area contributed by atoms with E-state index in [9.17, 15) is 9.90 Å². The van der Waals surface area contributed by atoms with Crippen molar-refractivity contribution in [1.82, 2.24) is 4.57 Å². The van der Waals surface area contributed by atoms with Gasteiger partial charge in [-0.15, -0.1) is 0 Å². The Labute approximate surface area is 105 Å². The van der Waals surface area contributed by atoms with Gasteiger partial charge in [0.2, 0.25) is 0 Å². The fourth-order valence-corrected chi connectivity index (χ4v) is 2.07. The summed E-state index contributed by atoms with van der Waals surface area (Å²) in [5.74, 6) is 0.150. The summed E-state index contributed by atoms with van der Waals surface area (Å²) < 4.78 is 1.54. The van der Waals surface area contributed by atoms with Crippen LogP contribution in [-0.2, 0) is 7.05 Å². The van der Waals surface area contributed by atoms with Gasteiger partial charge in [-0.25, -0.2) is 0 Å². The molecule has 0 atom stereocenters. The number of aryl methyl sites for hydroxylation is 1. The predicted octanol–water partition coefficient (Wildman–Crippen LogP) is 2.83. The number of aromatic hydroxyl groups is 1. The molecule has 0 bridgehead atoms. The number of allylic oxidation sites excluding steroid dienone is 3. The van der Waals surface area contributed by atoms with Gasteiger partial charge in [0.25, 0.3) is 5.56 Å². The fraction of sp³-hybridized carbons (Fsp3) is 0.133. The Kier molecular flexibility index (Phi) is 3.06. The Bertz CT molecular complexity index is 708. The van der Waals surface area contributed by atoms with E-state index in [1.807, 2.05) is 13.0 Å². The number of pyridine rings is 1. The molecule has 0 saturated heterocycles. The van der Waals surface area contributed by atoms with Crippen molar-refractivity contribution in [1.29, 1.82) is 0 Å². The maximum atomic E-state index is 12.0. The van der Waals surface area contributed by atoms with Gasteiger partial charge < -0.3 is 9.67 Å². The molecule has 0 aliphatic carbocycles. The SMILES string of the molecule is C=C/C(=C\C)c1cn(C)c(=O)c2ccc(O)cc12. The van der Waals surface area contributed by atoms with Gasteiger partial charge in [-0.2, -0.15) is 0 Å². The quantitative estimate of drug-likeness (QED) is 0.821. The number of fused-ring (bicyclic) bond motifs is 1. The van der Waals surface area contributed by atoms with Crippen molar-refractivity contribution < 1.29 is 5.11 Å². The van der Waals surface area contributed by atoms with E-state index in [0.717, 1.165) is 16.5 Å². The maximum absolute atomic E-state index is 12.0. The van der Waals surface area contributed by atoms with E-state index in [0.29, 0.717) is 5.39 Å². The summed E-state index contributed by atoms with van der Waals surface area (Å²) in [4.78, 5) is 12.0. The second-order valence-electron chi connectivity index (χ2n) is 4.14. The number of aromatic nitrogens is 1. The van der Waals surface area contributed by atoms with Gasteiger partial charge in [0.1, 0.15) is 5.75 Å². The highest BCUT2D eigenvalue weighted by Crippen LogP contribution is 2.26. The third-order valence-electron chi connectivity index (χ3n) is 3.01. The molecule has 1 aromatic heterocycles. The van der Waals surface area contributed by atoms with Crippen molar-refractivity contribution in [2.75, 3.05) is 0 Å². The lowest BCUT2D eigenvalue weighted by Gasteiger charge is -2.10. The van der Waals surface area contributed by atoms with Crippen molar-refractivity contribution in [3.8, 4) is 5.75 Å². The van der Waals surface area contributed by atoms with Gasteiger partial charge >= 0.3 is 0 Å². The lowest BCUT2D eigenvalue weighted by atomic mass is 10.0. The highest BCUT2D eigenvalue weighted by atomic mass is 16.3. The smallest absolute Gasteiger partial charge is 0.258 e. The van der Waals surface area contributed by atoms with Crippen LogP contribution < -0.4 is 5.56 Å². The van der Waals surface area contributed by atoms with Crippen molar-refractivity contribution in [2.45, 2.75) is 6.92 Å². The van der Waals surface area contributed by atoms with Crippen LogP contribution in [0.15, 0.2) is 47.9 Å². The molecule has 1 N–H and O–H groups in total. The molecular weight excluding hydrogens is 226 g/mol. The molecule has 92 valence electrons. The van der Waals surface area contributed by atoms with Crippen LogP contribution in [0.2, 0.25) is 0 Å². The van der Waals surface area contributed by atoms with E-state index in [2.05, 4.69) is 6.58 Å². The minimum atomic E-state index is -0.0757. The normalized spacial score (nSPS) is 11.8. The molecule has 0 fully saturated rings. The van der Waals surface area contributed by atoms with Crippen LogP contribution in [0.1, 0.15) is 12.5 Å². The van der Waals surface area contributed by atoms with Crippen molar-refractivity contribution in [3.63, 3.8) is 0 Å². The fourth-order valence-electron chi connectivity index (χ4n) is 2.07. The predicted molar refractivity (Wildman–Crippen MR) is 74.7 cm³/mol. The second-order valence-corrected chi connectivity index (χ2v) is 4.14. The number of phenolic OH excluding ortho intramolecular Hbond substituents is 1. The molecular formula is C15H15NO2. The van der Waals surface area contributed by atoms with E-state index in [4.69, 9.17) is 0 Å². The van der Waals surface area contributed by atoms with Gasteiger partial charge in [0.15, 0.2) is 0 Å². The molecule has 0 amide bonds. The molecule has 0 unspecified atom stereocenters. The summed E-state index contributed by atoms with van der Waals surface area (Å²) >= 11 is 0.